The van der Waals surface area contributed by atoms with Gasteiger partial charge in [-0.1, -0.05) is 24.3 Å². The van der Waals surface area contributed by atoms with E-state index in [1.54, 1.807) is 18.2 Å². The number of fused-ring (bicyclic) bond motifs is 1. The van der Waals surface area contributed by atoms with Crippen LogP contribution in [0, 0.1) is 0 Å². The highest BCUT2D eigenvalue weighted by Gasteiger charge is 2.40. The van der Waals surface area contributed by atoms with Crippen molar-refractivity contribution in [3.8, 4) is 5.75 Å². The molecule has 3 N–H and O–H groups in total. The van der Waals surface area contributed by atoms with Crippen molar-refractivity contribution in [2.45, 2.75) is 31.4 Å². The number of carbonyl (C=O) groups excluding carboxylic acids is 1. The van der Waals surface area contributed by atoms with Gasteiger partial charge in [-0.2, -0.15) is 9.29 Å². The highest BCUT2D eigenvalue weighted by atomic mass is 32.2. The molecule has 2 aromatic carbocycles. The van der Waals surface area contributed by atoms with Gasteiger partial charge in [-0.3, -0.25) is 4.79 Å². The molecule has 0 bridgehead atoms. The molecule has 2 unspecified atom stereocenters. The Bertz CT molecular complexity index is 1580. The molecule has 0 spiro atoms. The number of ether oxygens (including phenoxy) is 1. The molecule has 1 amide bonds. The normalized spacial score (nSPS) is 16.7. The summed E-state index contributed by atoms with van der Waals surface area (Å²) in [7, 11) is 3.11. The van der Waals surface area contributed by atoms with Gasteiger partial charge in [0.25, 0.3) is 11.8 Å². The molecule has 4 rings (SSSR count). The van der Waals surface area contributed by atoms with Gasteiger partial charge in [-0.05, 0) is 49.8 Å². The van der Waals surface area contributed by atoms with Crippen LogP contribution in [0.3, 0.4) is 0 Å². The maximum Gasteiger partial charge on any atom is 0.275 e. The minimum absolute atomic E-state index is 0.0255. The number of sulfonamides is 1. The van der Waals surface area contributed by atoms with Gasteiger partial charge in [0.05, 0.1) is 36.7 Å². The van der Waals surface area contributed by atoms with Gasteiger partial charge in [-0.15, -0.1) is 0 Å². The minimum atomic E-state index is -3.62. The van der Waals surface area contributed by atoms with Crippen molar-refractivity contribution < 1.29 is 26.7 Å². The lowest BCUT2D eigenvalue weighted by Gasteiger charge is -2.30. The van der Waals surface area contributed by atoms with Gasteiger partial charge in [0.2, 0.25) is 16.0 Å². The van der Waals surface area contributed by atoms with E-state index < -0.39 is 33.6 Å². The molecule has 0 aliphatic heterocycles. The number of hydrogen-bond acceptors (Lipinski definition) is 9. The Morgan fingerprint density at radius 1 is 1.16 bits per heavy atom. The predicted octanol–water partition coefficient (Wildman–Crippen LogP) is 3.60. The largest absolute Gasteiger partial charge is 0.495 e. The van der Waals surface area contributed by atoms with E-state index >= 15 is 0 Å². The number of anilines is 3. The fraction of sp³-hybridized carbons (Fsp3) is 0.414. The molecule has 0 saturated heterocycles. The monoisotopic (exact) mass is 617 g/mol. The Morgan fingerprint density at radius 3 is 2.53 bits per heavy atom. The number of nitrogens with one attached hydrogen (secondary N) is 3. The Morgan fingerprint density at radius 2 is 1.88 bits per heavy atom. The molecule has 2 atom stereocenters. The van der Waals surface area contributed by atoms with Crippen LogP contribution in [-0.2, 0) is 22.4 Å². The SMILES string of the molecule is COc1ccc(C(=O)NCCN(C)C)cc1Nc1ncc(C(C)(F)F)c(NC2Cc3ccccc3C2N(C)S(C)(=O)=O)n1. The lowest BCUT2D eigenvalue weighted by Crippen LogP contribution is -2.39. The van der Waals surface area contributed by atoms with E-state index in [4.69, 9.17) is 4.74 Å². The van der Waals surface area contributed by atoms with Crippen LogP contribution in [-0.4, -0.2) is 87.1 Å². The second-order valence-corrected chi connectivity index (χ2v) is 12.9. The van der Waals surface area contributed by atoms with Gasteiger partial charge in [-0.25, -0.2) is 22.2 Å². The second kappa shape index (κ2) is 12.8. The molecule has 11 nitrogen and oxygen atoms in total. The van der Waals surface area contributed by atoms with Crippen molar-refractivity contribution in [3.05, 3.63) is 70.9 Å². The van der Waals surface area contributed by atoms with Gasteiger partial charge in [0.1, 0.15) is 11.6 Å². The zero-order chi connectivity index (χ0) is 31.5. The molecule has 1 aliphatic carbocycles. The molecule has 1 aliphatic rings. The van der Waals surface area contributed by atoms with Crippen molar-refractivity contribution in [3.63, 3.8) is 0 Å². The number of aromatic nitrogens is 2. The lowest BCUT2D eigenvalue weighted by atomic mass is 10.1. The number of carbonyl (C=O) groups is 1. The summed E-state index contributed by atoms with van der Waals surface area (Å²) in [5, 5.41) is 8.94. The number of methoxy groups -OCH3 is 1. The third kappa shape index (κ3) is 7.56. The van der Waals surface area contributed by atoms with E-state index in [1.165, 1.54) is 18.5 Å². The zero-order valence-electron chi connectivity index (χ0n) is 25.0. The molecule has 0 saturated carbocycles. The summed E-state index contributed by atoms with van der Waals surface area (Å²) in [5.74, 6) is -3.38. The zero-order valence-corrected chi connectivity index (χ0v) is 25.8. The van der Waals surface area contributed by atoms with Crippen LogP contribution in [0.1, 0.15) is 40.0 Å². The topological polar surface area (TPSA) is 129 Å². The summed E-state index contributed by atoms with van der Waals surface area (Å²) >= 11 is 0. The predicted molar refractivity (Wildman–Crippen MR) is 162 cm³/mol. The first-order valence-electron chi connectivity index (χ1n) is 13.6. The number of likely N-dealkylation sites (N-methyl/N-ethyl adjacent to an activating group) is 2. The summed E-state index contributed by atoms with van der Waals surface area (Å²) in [6, 6.07) is 10.9. The van der Waals surface area contributed by atoms with Gasteiger partial charge < -0.3 is 25.6 Å². The summed E-state index contributed by atoms with van der Waals surface area (Å²) in [6.45, 7) is 1.86. The van der Waals surface area contributed by atoms with Crippen LogP contribution in [0.15, 0.2) is 48.7 Å². The number of halogens is 2. The third-order valence-electron chi connectivity index (χ3n) is 7.25. The quantitative estimate of drug-likeness (QED) is 0.279. The van der Waals surface area contributed by atoms with Crippen LogP contribution < -0.4 is 20.7 Å². The lowest BCUT2D eigenvalue weighted by molar-refractivity contribution is 0.0175. The molecular formula is C29H37F2N7O4S. The Balaban J connectivity index is 1.67. The first-order chi connectivity index (χ1) is 20.2. The van der Waals surface area contributed by atoms with E-state index in [0.717, 1.165) is 30.5 Å². The maximum absolute atomic E-state index is 14.8. The first kappa shape index (κ1) is 32.0. The van der Waals surface area contributed by atoms with Gasteiger partial charge in [0, 0.05) is 38.8 Å². The Kier molecular flexibility index (Phi) is 9.52. The summed E-state index contributed by atoms with van der Waals surface area (Å²) in [4.78, 5) is 23.2. The fourth-order valence-electron chi connectivity index (χ4n) is 4.97. The Hall–Kier alpha value is -3.88. The third-order valence-corrected chi connectivity index (χ3v) is 8.52. The van der Waals surface area contributed by atoms with Crippen molar-refractivity contribution in [2.75, 3.05) is 58.2 Å². The molecule has 232 valence electrons. The molecular weight excluding hydrogens is 580 g/mol. The van der Waals surface area contributed by atoms with E-state index in [9.17, 15) is 22.0 Å². The second-order valence-electron chi connectivity index (χ2n) is 10.8. The molecule has 3 aromatic rings. The smallest absolute Gasteiger partial charge is 0.275 e. The number of rotatable bonds is 12. The molecule has 1 aromatic heterocycles. The van der Waals surface area contributed by atoms with Crippen LogP contribution in [0.25, 0.3) is 0 Å². The number of alkyl halides is 2. The molecule has 0 fully saturated rings. The maximum atomic E-state index is 14.8. The average molecular weight is 618 g/mol. The molecule has 0 radical (unpaired) electrons. The van der Waals surface area contributed by atoms with Crippen molar-refractivity contribution >= 4 is 33.4 Å². The average Bonchev–Trinajstić information content (AvgIpc) is 3.28. The van der Waals surface area contributed by atoms with Crippen LogP contribution in [0.5, 0.6) is 5.75 Å². The number of hydrogen-bond donors (Lipinski definition) is 3. The summed E-state index contributed by atoms with van der Waals surface area (Å²) in [5.41, 5.74) is 1.95. The highest BCUT2D eigenvalue weighted by molar-refractivity contribution is 7.88. The summed E-state index contributed by atoms with van der Waals surface area (Å²) in [6.07, 6.45) is 2.52. The number of amides is 1. The first-order valence-corrected chi connectivity index (χ1v) is 15.4. The van der Waals surface area contributed by atoms with Crippen molar-refractivity contribution in [2.24, 2.45) is 0 Å². The highest BCUT2D eigenvalue weighted by Crippen LogP contribution is 2.40. The van der Waals surface area contributed by atoms with Gasteiger partial charge >= 0.3 is 0 Å². The molecule has 43 heavy (non-hydrogen) atoms. The summed E-state index contributed by atoms with van der Waals surface area (Å²) < 4.78 is 61.2. The van der Waals surface area contributed by atoms with E-state index in [1.807, 2.05) is 43.3 Å². The van der Waals surface area contributed by atoms with E-state index in [-0.39, 0.29) is 17.7 Å². The van der Waals surface area contributed by atoms with E-state index in [2.05, 4.69) is 25.9 Å². The molecule has 14 heteroatoms. The fourth-order valence-corrected chi connectivity index (χ4v) is 5.64. The standard InChI is InChI=1S/C29H37F2N7O4S/c1-29(30,31)21-17-33-28(35-22-16-19(11-12-24(22)42-5)27(39)32-13-14-37(2)3)36-26(21)34-23-15-18-9-7-8-10-20(18)25(23)38(4)43(6,40)41/h7-12,16-17,23,25H,13-15H2,1-6H3,(H,32,39)(H2,33,34,35,36). The van der Waals surface area contributed by atoms with E-state index in [0.29, 0.717) is 36.5 Å². The Labute approximate surface area is 250 Å². The van der Waals surface area contributed by atoms with Gasteiger partial charge in [0.15, 0.2) is 0 Å². The van der Waals surface area contributed by atoms with Crippen LogP contribution in [0.4, 0.5) is 26.2 Å². The van der Waals surface area contributed by atoms with Crippen LogP contribution >= 0.6 is 0 Å². The number of nitrogens with zero attached hydrogens (tertiary/aromatic N) is 4. The minimum Gasteiger partial charge on any atom is -0.495 e. The molecule has 1 heterocycles. The van der Waals surface area contributed by atoms with Crippen molar-refractivity contribution in [1.82, 2.24) is 24.5 Å². The van der Waals surface area contributed by atoms with Crippen molar-refractivity contribution in [1.29, 1.82) is 0 Å². The van der Waals surface area contributed by atoms with Crippen LogP contribution in [0.2, 0.25) is 0 Å². The number of benzene rings is 2.